The lowest BCUT2D eigenvalue weighted by Crippen LogP contribution is -2.51. The van der Waals surface area contributed by atoms with Crippen LogP contribution in [0, 0.1) is 11.8 Å². The highest BCUT2D eigenvalue weighted by Gasteiger charge is 2.50. The van der Waals surface area contributed by atoms with Gasteiger partial charge in [0, 0.05) is 24.9 Å². The van der Waals surface area contributed by atoms with E-state index in [-0.39, 0.29) is 23.9 Å². The summed E-state index contributed by atoms with van der Waals surface area (Å²) >= 11 is 0. The Morgan fingerprint density at radius 1 is 1.06 bits per heavy atom. The summed E-state index contributed by atoms with van der Waals surface area (Å²) in [6, 6.07) is 0. The molecular weight excluding hydrogens is 404 g/mol. The topological polar surface area (TPSA) is 52.6 Å². The zero-order chi connectivity index (χ0) is 23.3. The first-order valence-electron chi connectivity index (χ1n) is 12.2. The molecule has 4 nitrogen and oxygen atoms in total. The summed E-state index contributed by atoms with van der Waals surface area (Å²) in [6.45, 7) is 17.8. The van der Waals surface area contributed by atoms with Crippen LogP contribution < -0.4 is 0 Å². The van der Waals surface area contributed by atoms with Gasteiger partial charge in [-0.2, -0.15) is 0 Å². The second kappa shape index (κ2) is 11.1. The number of allylic oxidation sites excluding steroid dienone is 3. The first-order chi connectivity index (χ1) is 14.5. The van der Waals surface area contributed by atoms with Crippen LogP contribution in [-0.2, 0) is 18.8 Å². The van der Waals surface area contributed by atoms with Crippen LogP contribution in [0.3, 0.4) is 0 Å². The first kappa shape index (κ1) is 26.1. The van der Waals surface area contributed by atoms with Gasteiger partial charge in [0.2, 0.25) is 8.32 Å². The van der Waals surface area contributed by atoms with Crippen molar-refractivity contribution in [2.45, 2.75) is 110 Å². The van der Waals surface area contributed by atoms with E-state index in [0.717, 1.165) is 32.1 Å². The summed E-state index contributed by atoms with van der Waals surface area (Å²) < 4.78 is 12.0. The Bertz CT molecular complexity index is 682. The molecule has 2 saturated carbocycles. The van der Waals surface area contributed by atoms with E-state index in [9.17, 15) is 9.59 Å². The second-order valence-electron chi connectivity index (χ2n) is 10.6. The van der Waals surface area contributed by atoms with Crippen molar-refractivity contribution < 1.29 is 18.8 Å². The summed E-state index contributed by atoms with van der Waals surface area (Å²) in [4.78, 5) is 23.7. The molecule has 2 aliphatic carbocycles. The third-order valence-electron chi connectivity index (χ3n) is 7.46. The van der Waals surface area contributed by atoms with Gasteiger partial charge in [-0.1, -0.05) is 58.8 Å². The molecular formula is C26H44O4Si. The maximum absolute atomic E-state index is 12.9. The molecule has 2 rings (SSSR count). The van der Waals surface area contributed by atoms with Gasteiger partial charge in [-0.15, -0.1) is 0 Å². The van der Waals surface area contributed by atoms with E-state index in [2.05, 4.69) is 54.5 Å². The monoisotopic (exact) mass is 448 g/mol. The van der Waals surface area contributed by atoms with Gasteiger partial charge in [0.25, 0.3) is 0 Å². The van der Waals surface area contributed by atoms with Crippen LogP contribution in [0.5, 0.6) is 0 Å². The van der Waals surface area contributed by atoms with Crippen molar-refractivity contribution in [1.82, 2.24) is 0 Å². The lowest BCUT2D eigenvalue weighted by Gasteiger charge is -2.46. The molecule has 0 amide bonds. The van der Waals surface area contributed by atoms with Crippen LogP contribution in [0.2, 0.25) is 16.6 Å². The number of Topliss-reactive ketones (excluding diaryl/α,β-unsaturated/α-hetero) is 1. The number of hydrogen-bond acceptors (Lipinski definition) is 4. The lowest BCUT2D eigenvalue weighted by molar-refractivity contribution is -0.139. The minimum Gasteiger partial charge on any atom is -0.462 e. The Balaban J connectivity index is 2.03. The van der Waals surface area contributed by atoms with Gasteiger partial charge in [-0.05, 0) is 61.7 Å². The van der Waals surface area contributed by atoms with Crippen LogP contribution in [0.15, 0.2) is 23.3 Å². The summed E-state index contributed by atoms with van der Waals surface area (Å²) in [6.07, 6.45) is 9.03. The molecule has 0 unspecified atom stereocenters. The Morgan fingerprint density at radius 3 is 2.23 bits per heavy atom. The molecule has 0 radical (unpaired) electrons. The number of carbonyl (C=O) groups is 2. The highest BCUT2D eigenvalue weighted by Crippen LogP contribution is 2.49. The molecule has 0 spiro atoms. The average molecular weight is 449 g/mol. The van der Waals surface area contributed by atoms with Crippen LogP contribution in [-0.4, -0.2) is 32.8 Å². The molecule has 3 atom stereocenters. The number of rotatable bonds is 10. The van der Waals surface area contributed by atoms with Crippen molar-refractivity contribution in [3.63, 3.8) is 0 Å². The molecule has 0 aromatic carbocycles. The quantitative estimate of drug-likeness (QED) is 0.210. The molecule has 0 aliphatic heterocycles. The van der Waals surface area contributed by atoms with E-state index in [1.165, 1.54) is 18.1 Å². The van der Waals surface area contributed by atoms with Crippen LogP contribution >= 0.6 is 0 Å². The fourth-order valence-corrected chi connectivity index (χ4v) is 11.6. The van der Waals surface area contributed by atoms with E-state index in [1.807, 2.05) is 6.08 Å². The zero-order valence-electron chi connectivity index (χ0n) is 21.0. The van der Waals surface area contributed by atoms with E-state index >= 15 is 0 Å². The van der Waals surface area contributed by atoms with Gasteiger partial charge in [0.15, 0.2) is 0 Å². The van der Waals surface area contributed by atoms with Gasteiger partial charge in [0.1, 0.15) is 12.4 Å². The van der Waals surface area contributed by atoms with Gasteiger partial charge in [-0.25, -0.2) is 0 Å². The predicted octanol–water partition coefficient (Wildman–Crippen LogP) is 6.76. The molecule has 0 aromatic rings. The second-order valence-corrected chi connectivity index (χ2v) is 16.0. The maximum Gasteiger partial charge on any atom is 0.302 e. The molecule has 0 N–H and O–H groups in total. The van der Waals surface area contributed by atoms with E-state index < -0.39 is 8.32 Å². The summed E-state index contributed by atoms with van der Waals surface area (Å²) in [7, 11) is -1.93. The molecule has 0 aromatic heterocycles. The zero-order valence-corrected chi connectivity index (χ0v) is 22.0. The normalized spacial score (nSPS) is 25.9. The molecule has 2 fully saturated rings. The summed E-state index contributed by atoms with van der Waals surface area (Å²) in [5.41, 5.74) is 4.26. The lowest BCUT2D eigenvalue weighted by atomic mass is 9.85. The summed E-state index contributed by atoms with van der Waals surface area (Å²) in [5.74, 6) is 0.402. The molecule has 0 saturated heterocycles. The van der Waals surface area contributed by atoms with Crippen molar-refractivity contribution in [2.75, 3.05) is 6.61 Å². The molecule has 31 heavy (non-hydrogen) atoms. The first-order valence-corrected chi connectivity index (χ1v) is 14.3. The van der Waals surface area contributed by atoms with Gasteiger partial charge in [0.05, 0.1) is 0 Å². The van der Waals surface area contributed by atoms with Crippen LogP contribution in [0.4, 0.5) is 0 Å². The maximum atomic E-state index is 12.9. The largest absolute Gasteiger partial charge is 0.462 e. The van der Waals surface area contributed by atoms with E-state index in [1.54, 1.807) is 0 Å². The minimum absolute atomic E-state index is 0.0623. The minimum atomic E-state index is -1.93. The Kier molecular flexibility index (Phi) is 9.32. The Hall–Kier alpha value is -1.20. The van der Waals surface area contributed by atoms with Crippen molar-refractivity contribution in [1.29, 1.82) is 0 Å². The number of hydrogen-bond donors (Lipinski definition) is 0. The Labute approximate surface area is 191 Å². The van der Waals surface area contributed by atoms with E-state index in [0.29, 0.717) is 29.0 Å². The number of carbonyl (C=O) groups excluding carboxylic acids is 2. The summed E-state index contributed by atoms with van der Waals surface area (Å²) in [5, 5.41) is 0. The molecule has 176 valence electrons. The van der Waals surface area contributed by atoms with Crippen molar-refractivity contribution in [2.24, 2.45) is 11.8 Å². The standard InChI is InChI=1S/C26H44O4Si/c1-17(2)31(18(3)4,19(5)6)30-24-15-23-14-22(25(16-24)26(23)28)11-9-10-20(7)12-13-29-21(8)27/h11-12,17-19,23-25H,9-10,13-16H2,1-8H3/b20-12+,22-11-/t23-,24+,25-/m0/s1. The van der Waals surface area contributed by atoms with Gasteiger partial charge >= 0.3 is 5.97 Å². The molecule has 2 bridgehead atoms. The SMILES string of the molecule is CC(=O)OC/C=C(\C)CC/C=C1/C[C@H]2C[C@@H](O[Si](C(C)C)(C(C)C)C(C)C)C[C@@H]1C2=O. The molecule has 2 aliphatic rings. The molecule has 0 heterocycles. The highest BCUT2D eigenvalue weighted by molar-refractivity contribution is 6.77. The number of esters is 1. The fraction of sp³-hybridized carbons (Fsp3) is 0.769. The Morgan fingerprint density at radius 2 is 1.68 bits per heavy atom. The fourth-order valence-electron chi connectivity index (χ4n) is 6.05. The van der Waals surface area contributed by atoms with Crippen molar-refractivity contribution in [3.8, 4) is 0 Å². The number of ketones is 1. The number of fused-ring (bicyclic) bond motifs is 2. The predicted molar refractivity (Wildman–Crippen MR) is 129 cm³/mol. The average Bonchev–Trinajstić information content (AvgIpc) is 2.83. The van der Waals surface area contributed by atoms with Crippen molar-refractivity contribution >= 4 is 20.1 Å². The van der Waals surface area contributed by atoms with Crippen LogP contribution in [0.1, 0.15) is 87.5 Å². The van der Waals surface area contributed by atoms with Gasteiger partial charge < -0.3 is 9.16 Å². The highest BCUT2D eigenvalue weighted by atomic mass is 28.4. The van der Waals surface area contributed by atoms with E-state index in [4.69, 9.17) is 9.16 Å². The van der Waals surface area contributed by atoms with Crippen LogP contribution in [0.25, 0.3) is 0 Å². The van der Waals surface area contributed by atoms with Gasteiger partial charge in [-0.3, -0.25) is 9.59 Å². The third-order valence-corrected chi connectivity index (χ3v) is 13.6. The molecule has 5 heteroatoms. The third kappa shape index (κ3) is 6.19. The number of ether oxygens (including phenoxy) is 1. The van der Waals surface area contributed by atoms with Crippen molar-refractivity contribution in [3.05, 3.63) is 23.3 Å². The smallest absolute Gasteiger partial charge is 0.302 e.